The maximum atomic E-state index is 10.9. The molecule has 0 saturated carbocycles. The van der Waals surface area contributed by atoms with Gasteiger partial charge in [-0.3, -0.25) is 20.2 Å². The minimum absolute atomic E-state index is 0.0280. The largest absolute Gasteiger partial charge is 0.394 e. The molecule has 2 heterocycles. The van der Waals surface area contributed by atoms with E-state index in [0.29, 0.717) is 11.1 Å². The standard InChI is InChI=1S/C18H17N3O7/c22-9-18-10-27-16(12-1-5-14(6-2-12)20(23)24)19(18)17(28-11-18)13-3-7-15(8-4-13)21(25)26/h1-8,16-17,22H,9-11H2/t16-,17-/m1/s1. The van der Waals surface area contributed by atoms with Gasteiger partial charge in [0.1, 0.15) is 12.5 Å². The molecule has 2 aliphatic heterocycles. The quantitative estimate of drug-likeness (QED) is 0.611. The van der Waals surface area contributed by atoms with Crippen molar-refractivity contribution in [2.45, 2.75) is 18.0 Å². The van der Waals surface area contributed by atoms with Gasteiger partial charge >= 0.3 is 0 Å². The van der Waals surface area contributed by atoms with Crippen molar-refractivity contribution in [1.29, 1.82) is 0 Å². The van der Waals surface area contributed by atoms with E-state index >= 15 is 0 Å². The highest BCUT2D eigenvalue weighted by Crippen LogP contribution is 2.49. The van der Waals surface area contributed by atoms with Gasteiger partial charge in [0.25, 0.3) is 11.4 Å². The fraction of sp³-hybridized carbons (Fsp3) is 0.333. The molecule has 2 atom stereocenters. The number of nitro benzene ring substituents is 2. The van der Waals surface area contributed by atoms with Crippen LogP contribution in [0, 0.1) is 20.2 Å². The molecule has 2 aromatic rings. The van der Waals surface area contributed by atoms with Gasteiger partial charge in [-0.1, -0.05) is 0 Å². The summed E-state index contributed by atoms with van der Waals surface area (Å²) >= 11 is 0. The van der Waals surface area contributed by atoms with E-state index < -0.39 is 27.8 Å². The van der Waals surface area contributed by atoms with Crippen molar-refractivity contribution in [2.24, 2.45) is 0 Å². The lowest BCUT2D eigenvalue weighted by atomic mass is 10.0. The molecule has 2 saturated heterocycles. The number of non-ortho nitro benzene ring substituents is 2. The molecule has 0 bridgehead atoms. The zero-order valence-electron chi connectivity index (χ0n) is 14.6. The first-order valence-electron chi connectivity index (χ1n) is 8.56. The topological polar surface area (TPSA) is 128 Å². The Balaban J connectivity index is 1.67. The summed E-state index contributed by atoms with van der Waals surface area (Å²) in [5.41, 5.74) is 0.579. The van der Waals surface area contributed by atoms with Crippen molar-refractivity contribution in [2.75, 3.05) is 19.8 Å². The molecule has 2 aliphatic rings. The summed E-state index contributed by atoms with van der Waals surface area (Å²) < 4.78 is 11.8. The van der Waals surface area contributed by atoms with E-state index in [1.807, 2.05) is 4.90 Å². The molecule has 10 nitrogen and oxygen atoms in total. The number of rotatable bonds is 5. The molecule has 0 radical (unpaired) electrons. The molecule has 0 unspecified atom stereocenters. The number of nitro groups is 2. The third-order valence-corrected chi connectivity index (χ3v) is 5.15. The number of aliphatic hydroxyl groups excluding tert-OH is 1. The van der Waals surface area contributed by atoms with Crippen molar-refractivity contribution in [3.63, 3.8) is 0 Å². The fourth-order valence-corrected chi connectivity index (χ4v) is 3.65. The first kappa shape index (κ1) is 18.4. The molecular weight excluding hydrogens is 370 g/mol. The summed E-state index contributed by atoms with van der Waals surface area (Å²) in [6, 6.07) is 12.0. The maximum Gasteiger partial charge on any atom is 0.269 e. The van der Waals surface area contributed by atoms with Gasteiger partial charge in [-0.15, -0.1) is 0 Å². The Morgan fingerprint density at radius 1 is 0.893 bits per heavy atom. The summed E-state index contributed by atoms with van der Waals surface area (Å²) in [6.45, 7) is 0.267. The number of fused-ring (bicyclic) bond motifs is 1. The number of hydrogen-bond donors (Lipinski definition) is 1. The van der Waals surface area contributed by atoms with Crippen molar-refractivity contribution in [3.05, 3.63) is 79.9 Å². The Bertz CT molecular complexity index is 831. The summed E-state index contributed by atoms with van der Waals surface area (Å²) in [4.78, 5) is 22.7. The molecule has 10 heteroatoms. The smallest absolute Gasteiger partial charge is 0.269 e. The van der Waals surface area contributed by atoms with Gasteiger partial charge < -0.3 is 14.6 Å². The van der Waals surface area contributed by atoms with Crippen LogP contribution in [0.15, 0.2) is 48.5 Å². The van der Waals surface area contributed by atoms with Crippen molar-refractivity contribution >= 4 is 11.4 Å². The second-order valence-electron chi connectivity index (χ2n) is 6.81. The lowest BCUT2D eigenvalue weighted by molar-refractivity contribution is -0.385. The van der Waals surface area contributed by atoms with E-state index in [9.17, 15) is 25.3 Å². The molecule has 2 fully saturated rings. The molecule has 0 aliphatic carbocycles. The predicted molar refractivity (Wildman–Crippen MR) is 95.2 cm³/mol. The minimum Gasteiger partial charge on any atom is -0.394 e. The van der Waals surface area contributed by atoms with Gasteiger partial charge in [-0.05, 0) is 35.4 Å². The normalized spacial score (nSPS) is 23.5. The van der Waals surface area contributed by atoms with E-state index in [4.69, 9.17) is 9.47 Å². The molecule has 2 aromatic carbocycles. The average molecular weight is 387 g/mol. The number of hydrogen-bond acceptors (Lipinski definition) is 8. The van der Waals surface area contributed by atoms with Gasteiger partial charge in [0, 0.05) is 24.3 Å². The summed E-state index contributed by atoms with van der Waals surface area (Å²) in [7, 11) is 0. The Morgan fingerprint density at radius 3 is 1.61 bits per heavy atom. The predicted octanol–water partition coefficient (Wildman–Crippen LogP) is 2.29. The lowest BCUT2D eigenvalue weighted by Gasteiger charge is -2.32. The molecule has 0 amide bonds. The van der Waals surface area contributed by atoms with Gasteiger partial charge in [0.2, 0.25) is 0 Å². The molecule has 28 heavy (non-hydrogen) atoms. The monoisotopic (exact) mass is 387 g/mol. The van der Waals surface area contributed by atoms with Crippen molar-refractivity contribution in [1.82, 2.24) is 4.90 Å². The highest BCUT2D eigenvalue weighted by atomic mass is 16.6. The molecule has 0 aromatic heterocycles. The van der Waals surface area contributed by atoms with Crippen LogP contribution in [-0.2, 0) is 9.47 Å². The summed E-state index contributed by atoms with van der Waals surface area (Å²) in [5.74, 6) is 0. The molecular formula is C18H17N3O7. The van der Waals surface area contributed by atoms with Crippen LogP contribution in [-0.4, -0.2) is 45.2 Å². The Morgan fingerprint density at radius 2 is 1.29 bits per heavy atom. The third-order valence-electron chi connectivity index (χ3n) is 5.15. The molecule has 0 spiro atoms. The Kier molecular flexibility index (Phi) is 4.55. The van der Waals surface area contributed by atoms with Crippen LogP contribution in [0.25, 0.3) is 0 Å². The second-order valence-corrected chi connectivity index (χ2v) is 6.81. The van der Waals surface area contributed by atoms with Crippen LogP contribution in [0.5, 0.6) is 0 Å². The molecule has 146 valence electrons. The van der Waals surface area contributed by atoms with Crippen LogP contribution < -0.4 is 0 Å². The van der Waals surface area contributed by atoms with E-state index in [1.54, 1.807) is 24.3 Å². The zero-order valence-corrected chi connectivity index (χ0v) is 14.6. The maximum absolute atomic E-state index is 10.9. The minimum atomic E-state index is -0.751. The van der Waals surface area contributed by atoms with Gasteiger partial charge in [-0.25, -0.2) is 4.90 Å². The first-order valence-corrected chi connectivity index (χ1v) is 8.56. The number of ether oxygens (including phenoxy) is 2. The van der Waals surface area contributed by atoms with Crippen LogP contribution >= 0.6 is 0 Å². The SMILES string of the molecule is O=[N+]([O-])c1ccc([C@H]2OCC3(CO)CO[C@H](c4ccc([N+](=O)[O-])cc4)N23)cc1. The van der Waals surface area contributed by atoms with Crippen LogP contribution in [0.2, 0.25) is 0 Å². The zero-order chi connectivity index (χ0) is 19.9. The third kappa shape index (κ3) is 2.92. The average Bonchev–Trinajstić information content (AvgIpc) is 3.26. The van der Waals surface area contributed by atoms with Crippen molar-refractivity contribution in [3.8, 4) is 0 Å². The number of nitrogens with zero attached hydrogens (tertiary/aromatic N) is 3. The summed E-state index contributed by atoms with van der Waals surface area (Å²) in [5, 5.41) is 31.8. The van der Waals surface area contributed by atoms with Crippen LogP contribution in [0.4, 0.5) is 11.4 Å². The van der Waals surface area contributed by atoms with Gasteiger partial charge in [0.05, 0.1) is 35.2 Å². The lowest BCUT2D eigenvalue weighted by Crippen LogP contribution is -2.47. The van der Waals surface area contributed by atoms with E-state index in [2.05, 4.69) is 0 Å². The molecule has 1 N–H and O–H groups in total. The van der Waals surface area contributed by atoms with E-state index in [0.717, 1.165) is 0 Å². The van der Waals surface area contributed by atoms with Crippen LogP contribution in [0.1, 0.15) is 23.6 Å². The molecule has 4 rings (SSSR count). The summed E-state index contributed by atoms with van der Waals surface area (Å²) in [6.07, 6.45) is -1.15. The van der Waals surface area contributed by atoms with Crippen molar-refractivity contribution < 1.29 is 24.4 Å². The highest BCUT2D eigenvalue weighted by Gasteiger charge is 2.56. The number of benzene rings is 2. The fourth-order valence-electron chi connectivity index (χ4n) is 3.65. The van der Waals surface area contributed by atoms with E-state index in [-0.39, 0.29) is 31.2 Å². The van der Waals surface area contributed by atoms with E-state index in [1.165, 1.54) is 24.3 Å². The van der Waals surface area contributed by atoms with Crippen LogP contribution in [0.3, 0.4) is 0 Å². The second kappa shape index (κ2) is 6.91. The first-order chi connectivity index (χ1) is 13.4. The number of aliphatic hydroxyl groups is 1. The van der Waals surface area contributed by atoms with Gasteiger partial charge in [-0.2, -0.15) is 0 Å². The Labute approximate surface area is 159 Å². The Hall–Kier alpha value is -2.92. The highest BCUT2D eigenvalue weighted by molar-refractivity contribution is 5.36. The van der Waals surface area contributed by atoms with Gasteiger partial charge in [0.15, 0.2) is 0 Å².